The van der Waals surface area contributed by atoms with Crippen molar-refractivity contribution in [3.05, 3.63) is 38.9 Å². The Morgan fingerprint density at radius 2 is 2.25 bits per heavy atom. The third-order valence-electron chi connectivity index (χ3n) is 1.89. The molecule has 5 nitrogen and oxygen atoms in total. The number of carbonyl (C=O) groups is 1. The van der Waals surface area contributed by atoms with E-state index in [1.54, 1.807) is 6.92 Å². The van der Waals surface area contributed by atoms with Gasteiger partial charge in [0.2, 0.25) is 0 Å². The van der Waals surface area contributed by atoms with Gasteiger partial charge in [-0.25, -0.2) is 0 Å². The number of halogens is 1. The van der Waals surface area contributed by atoms with Crippen LogP contribution in [0.25, 0.3) is 0 Å². The number of benzene rings is 1. The van der Waals surface area contributed by atoms with Crippen molar-refractivity contribution in [3.63, 3.8) is 0 Å². The molecule has 0 aliphatic rings. The molecule has 0 spiro atoms. The van der Waals surface area contributed by atoms with Gasteiger partial charge in [-0.05, 0) is 12.5 Å². The number of hydrogen-bond acceptors (Lipinski definition) is 4. The topological polar surface area (TPSA) is 69.4 Å². The van der Waals surface area contributed by atoms with Crippen LogP contribution in [0.5, 0.6) is 0 Å². The van der Waals surface area contributed by atoms with Gasteiger partial charge < -0.3 is 4.74 Å². The first-order chi connectivity index (χ1) is 7.54. The molecule has 0 aliphatic carbocycles. The van der Waals surface area contributed by atoms with Crippen molar-refractivity contribution in [1.29, 1.82) is 0 Å². The van der Waals surface area contributed by atoms with Crippen molar-refractivity contribution < 1.29 is 14.5 Å². The van der Waals surface area contributed by atoms with E-state index in [1.165, 1.54) is 18.2 Å². The summed E-state index contributed by atoms with van der Waals surface area (Å²) in [4.78, 5) is 21.1. The Labute approximate surface area is 97.1 Å². The number of esters is 1. The van der Waals surface area contributed by atoms with Gasteiger partial charge in [0, 0.05) is 12.1 Å². The zero-order chi connectivity index (χ0) is 12.1. The molecule has 0 heterocycles. The molecule has 1 rings (SSSR count). The van der Waals surface area contributed by atoms with Crippen LogP contribution in [0, 0.1) is 10.1 Å². The molecular formula is C10H10ClNO4. The number of non-ortho nitro benzene ring substituents is 1. The molecule has 0 aromatic heterocycles. The quantitative estimate of drug-likeness (QED) is 0.462. The predicted octanol–water partition coefficient (Wildman–Crippen LogP) is 2.35. The number of nitro groups is 1. The standard InChI is InChI=1S/C10H10ClNO4/c1-2-16-10(13)5-7-3-4-8(12(14)15)6-9(7)11/h3-4,6H,2,5H2,1H3. The molecule has 0 unspecified atom stereocenters. The van der Waals surface area contributed by atoms with Crippen molar-refractivity contribution in [3.8, 4) is 0 Å². The Morgan fingerprint density at radius 1 is 1.56 bits per heavy atom. The first kappa shape index (κ1) is 12.4. The number of carbonyl (C=O) groups excluding carboxylic acids is 1. The molecule has 0 atom stereocenters. The fourth-order valence-electron chi connectivity index (χ4n) is 1.16. The maximum Gasteiger partial charge on any atom is 0.310 e. The Hall–Kier alpha value is -1.62. The Bertz CT molecular complexity index is 419. The molecule has 1 aromatic carbocycles. The SMILES string of the molecule is CCOC(=O)Cc1ccc([N+](=O)[O-])cc1Cl. The van der Waals surface area contributed by atoms with Crippen LogP contribution in [-0.2, 0) is 16.0 Å². The third-order valence-corrected chi connectivity index (χ3v) is 2.24. The van der Waals surface area contributed by atoms with Crippen LogP contribution in [0.15, 0.2) is 18.2 Å². The first-order valence-corrected chi connectivity index (χ1v) is 5.00. The molecule has 0 aliphatic heterocycles. The molecule has 1 aromatic rings. The monoisotopic (exact) mass is 243 g/mol. The molecule has 0 bridgehead atoms. The van der Waals surface area contributed by atoms with Gasteiger partial charge in [0.15, 0.2) is 0 Å². The summed E-state index contributed by atoms with van der Waals surface area (Å²) in [6.07, 6.45) is 0.0185. The number of ether oxygens (including phenoxy) is 1. The maximum atomic E-state index is 11.2. The predicted molar refractivity (Wildman–Crippen MR) is 58.4 cm³/mol. The first-order valence-electron chi connectivity index (χ1n) is 4.63. The van der Waals surface area contributed by atoms with Gasteiger partial charge in [0.05, 0.1) is 23.0 Å². The number of hydrogen-bond donors (Lipinski definition) is 0. The van der Waals surface area contributed by atoms with E-state index in [1.807, 2.05) is 0 Å². The van der Waals surface area contributed by atoms with Gasteiger partial charge in [0.25, 0.3) is 5.69 Å². The average Bonchev–Trinajstić information content (AvgIpc) is 2.21. The maximum absolute atomic E-state index is 11.2. The van der Waals surface area contributed by atoms with Crippen molar-refractivity contribution >= 4 is 23.3 Å². The molecule has 0 saturated carbocycles. The van der Waals surface area contributed by atoms with Gasteiger partial charge in [-0.15, -0.1) is 0 Å². The summed E-state index contributed by atoms with van der Waals surface area (Å²) in [6.45, 7) is 2.00. The summed E-state index contributed by atoms with van der Waals surface area (Å²) in [5.41, 5.74) is 0.420. The van der Waals surface area contributed by atoms with Crippen LogP contribution in [0.3, 0.4) is 0 Å². The highest BCUT2D eigenvalue weighted by Crippen LogP contribution is 2.22. The van der Waals surface area contributed by atoms with Gasteiger partial charge in [-0.2, -0.15) is 0 Å². The van der Waals surface area contributed by atoms with E-state index in [4.69, 9.17) is 16.3 Å². The van der Waals surface area contributed by atoms with Gasteiger partial charge in [-0.1, -0.05) is 17.7 Å². The molecule has 16 heavy (non-hydrogen) atoms. The normalized spacial score (nSPS) is 9.88. The van der Waals surface area contributed by atoms with Crippen molar-refractivity contribution in [2.24, 2.45) is 0 Å². The number of nitro benzene ring substituents is 1. The highest BCUT2D eigenvalue weighted by atomic mass is 35.5. The van der Waals surface area contributed by atoms with Crippen LogP contribution >= 0.6 is 11.6 Å². The van der Waals surface area contributed by atoms with Gasteiger partial charge in [-0.3, -0.25) is 14.9 Å². The molecule has 86 valence electrons. The molecule has 0 amide bonds. The van der Waals surface area contributed by atoms with Crippen molar-refractivity contribution in [2.45, 2.75) is 13.3 Å². The average molecular weight is 244 g/mol. The fraction of sp³-hybridized carbons (Fsp3) is 0.300. The largest absolute Gasteiger partial charge is 0.466 e. The van der Waals surface area contributed by atoms with Crippen LogP contribution < -0.4 is 0 Å². The summed E-state index contributed by atoms with van der Waals surface area (Å²) >= 11 is 5.81. The second kappa shape index (κ2) is 5.46. The minimum absolute atomic E-state index is 0.0185. The highest BCUT2D eigenvalue weighted by molar-refractivity contribution is 6.31. The van der Waals surface area contributed by atoms with Gasteiger partial charge in [0.1, 0.15) is 0 Å². The summed E-state index contributed by atoms with van der Waals surface area (Å²) in [5, 5.41) is 10.6. The molecule has 0 saturated heterocycles. The lowest BCUT2D eigenvalue weighted by molar-refractivity contribution is -0.384. The van der Waals surface area contributed by atoms with E-state index in [0.717, 1.165) is 0 Å². The number of nitrogens with zero attached hydrogens (tertiary/aromatic N) is 1. The van der Waals surface area contributed by atoms with Crippen molar-refractivity contribution in [2.75, 3.05) is 6.61 Å². The lowest BCUT2D eigenvalue weighted by atomic mass is 10.1. The molecule has 0 fully saturated rings. The second-order valence-electron chi connectivity index (χ2n) is 3.01. The van der Waals surface area contributed by atoms with Crippen LogP contribution in [0.4, 0.5) is 5.69 Å². The number of rotatable bonds is 4. The van der Waals surface area contributed by atoms with E-state index in [2.05, 4.69) is 0 Å². The summed E-state index contributed by atoms with van der Waals surface area (Å²) in [5.74, 6) is -0.404. The van der Waals surface area contributed by atoms with E-state index in [9.17, 15) is 14.9 Å². The second-order valence-corrected chi connectivity index (χ2v) is 3.42. The summed E-state index contributed by atoms with van der Waals surface area (Å²) in [6, 6.07) is 3.98. The third kappa shape index (κ3) is 3.20. The molecule has 0 N–H and O–H groups in total. The molecule has 6 heteroatoms. The lowest BCUT2D eigenvalue weighted by Gasteiger charge is -2.03. The van der Waals surface area contributed by atoms with E-state index in [-0.39, 0.29) is 17.1 Å². The van der Waals surface area contributed by atoms with Crippen LogP contribution in [0.1, 0.15) is 12.5 Å². The van der Waals surface area contributed by atoms with Crippen molar-refractivity contribution in [1.82, 2.24) is 0 Å². The van der Waals surface area contributed by atoms with E-state index >= 15 is 0 Å². The summed E-state index contributed by atoms with van der Waals surface area (Å²) in [7, 11) is 0. The lowest BCUT2D eigenvalue weighted by Crippen LogP contribution is -2.07. The zero-order valence-electron chi connectivity index (χ0n) is 8.60. The van der Waals surface area contributed by atoms with Crippen LogP contribution in [-0.4, -0.2) is 17.5 Å². The highest BCUT2D eigenvalue weighted by Gasteiger charge is 2.12. The van der Waals surface area contributed by atoms with Crippen LogP contribution in [0.2, 0.25) is 5.02 Å². The minimum atomic E-state index is -0.542. The summed E-state index contributed by atoms with van der Waals surface area (Å²) < 4.78 is 4.75. The Balaban J connectivity index is 2.83. The van der Waals surface area contributed by atoms with E-state index in [0.29, 0.717) is 12.2 Å². The molecule has 0 radical (unpaired) electrons. The zero-order valence-corrected chi connectivity index (χ0v) is 9.36. The Kier molecular flexibility index (Phi) is 4.25. The smallest absolute Gasteiger partial charge is 0.310 e. The fourth-order valence-corrected chi connectivity index (χ4v) is 1.40. The van der Waals surface area contributed by atoms with Gasteiger partial charge >= 0.3 is 5.97 Å². The Morgan fingerprint density at radius 3 is 2.75 bits per heavy atom. The molecular weight excluding hydrogens is 234 g/mol. The van der Waals surface area contributed by atoms with E-state index < -0.39 is 10.9 Å². The minimum Gasteiger partial charge on any atom is -0.466 e.